The van der Waals surface area contributed by atoms with Crippen LogP contribution < -0.4 is 10.1 Å². The number of anilines is 1. The number of amides is 1. The van der Waals surface area contributed by atoms with Crippen molar-refractivity contribution in [1.82, 2.24) is 5.43 Å². The molecule has 0 aliphatic heterocycles. The molecule has 1 amide bonds. The molecule has 28 heavy (non-hydrogen) atoms. The van der Waals surface area contributed by atoms with E-state index in [1.54, 1.807) is 43.3 Å². The normalized spacial score (nSPS) is 11.9. The predicted molar refractivity (Wildman–Crippen MR) is 107 cm³/mol. The Labute approximate surface area is 167 Å². The van der Waals surface area contributed by atoms with E-state index in [2.05, 4.69) is 15.2 Å². The number of benzene rings is 2. The second-order valence-corrected chi connectivity index (χ2v) is 7.87. The van der Waals surface area contributed by atoms with Crippen molar-refractivity contribution in [3.05, 3.63) is 83.3 Å². The van der Waals surface area contributed by atoms with Crippen molar-refractivity contribution < 1.29 is 17.6 Å². The average Bonchev–Trinajstić information content (AvgIpc) is 3.22. The third-order valence-electron chi connectivity index (χ3n) is 3.71. The second kappa shape index (κ2) is 8.28. The van der Waals surface area contributed by atoms with Crippen LogP contribution in [0, 0.1) is 0 Å². The first-order valence-electron chi connectivity index (χ1n) is 8.12. The van der Waals surface area contributed by atoms with Crippen LogP contribution in [0.4, 0.5) is 5.69 Å². The Morgan fingerprint density at radius 3 is 2.50 bits per heavy atom. The van der Waals surface area contributed by atoms with E-state index in [0.717, 1.165) is 0 Å². The highest BCUT2D eigenvalue weighted by Gasteiger charge is 2.16. The van der Waals surface area contributed by atoms with Crippen molar-refractivity contribution in [3.8, 4) is 0 Å². The van der Waals surface area contributed by atoms with Gasteiger partial charge in [0, 0.05) is 16.3 Å². The van der Waals surface area contributed by atoms with Crippen LogP contribution in [0.2, 0.25) is 5.02 Å². The van der Waals surface area contributed by atoms with Crippen LogP contribution in [0.1, 0.15) is 23.0 Å². The third-order valence-corrected chi connectivity index (χ3v) is 5.34. The molecule has 0 saturated heterocycles. The zero-order valence-corrected chi connectivity index (χ0v) is 16.3. The zero-order chi connectivity index (χ0) is 20.1. The first kappa shape index (κ1) is 19.7. The lowest BCUT2D eigenvalue weighted by Gasteiger charge is -2.09. The van der Waals surface area contributed by atoms with Gasteiger partial charge in [-0.1, -0.05) is 17.7 Å². The first-order valence-corrected chi connectivity index (χ1v) is 9.98. The standard InChI is InChI=1S/C19H16ClN3O4S/c1-13(18-6-3-11-27-18)21-22-19(24)14-4-2-5-17(12-14)28(25,26)23-16-9-7-15(20)8-10-16/h2-12,23H,1H3,(H,22,24). The highest BCUT2D eigenvalue weighted by atomic mass is 35.5. The van der Waals surface area contributed by atoms with Crippen molar-refractivity contribution >= 4 is 38.9 Å². The van der Waals surface area contributed by atoms with Crippen LogP contribution in [0.3, 0.4) is 0 Å². The van der Waals surface area contributed by atoms with Gasteiger partial charge in [-0.05, 0) is 61.5 Å². The highest BCUT2D eigenvalue weighted by Crippen LogP contribution is 2.19. The molecule has 0 spiro atoms. The van der Waals surface area contributed by atoms with Gasteiger partial charge in [0.15, 0.2) is 0 Å². The third kappa shape index (κ3) is 4.79. The number of nitrogens with zero attached hydrogens (tertiary/aromatic N) is 1. The molecular formula is C19H16ClN3O4S. The number of furan rings is 1. The van der Waals surface area contributed by atoms with Gasteiger partial charge in [0.05, 0.1) is 11.2 Å². The summed E-state index contributed by atoms with van der Waals surface area (Å²) in [7, 11) is -3.87. The molecule has 0 fully saturated rings. The monoisotopic (exact) mass is 417 g/mol. The van der Waals surface area contributed by atoms with Gasteiger partial charge in [0.25, 0.3) is 15.9 Å². The van der Waals surface area contributed by atoms with Crippen LogP contribution in [-0.2, 0) is 10.0 Å². The molecule has 9 heteroatoms. The number of carbonyl (C=O) groups excluding carboxylic acids is 1. The number of hydrazone groups is 1. The number of hydrogen-bond acceptors (Lipinski definition) is 5. The van der Waals surface area contributed by atoms with E-state index in [1.807, 2.05) is 0 Å². The van der Waals surface area contributed by atoms with Crippen LogP contribution in [0.5, 0.6) is 0 Å². The molecule has 0 bridgehead atoms. The number of carbonyl (C=O) groups is 1. The number of hydrogen-bond donors (Lipinski definition) is 2. The number of sulfonamides is 1. The van der Waals surface area contributed by atoms with Crippen molar-refractivity contribution in [1.29, 1.82) is 0 Å². The lowest BCUT2D eigenvalue weighted by Crippen LogP contribution is -2.20. The molecule has 3 rings (SSSR count). The minimum Gasteiger partial charge on any atom is -0.463 e. The molecule has 7 nitrogen and oxygen atoms in total. The molecule has 0 atom stereocenters. The van der Waals surface area contributed by atoms with E-state index in [1.165, 1.54) is 30.5 Å². The van der Waals surface area contributed by atoms with E-state index in [-0.39, 0.29) is 10.5 Å². The van der Waals surface area contributed by atoms with Gasteiger partial charge < -0.3 is 4.42 Å². The summed E-state index contributed by atoms with van der Waals surface area (Å²) in [6.07, 6.45) is 1.50. The lowest BCUT2D eigenvalue weighted by molar-refractivity contribution is 0.0954. The fourth-order valence-corrected chi connectivity index (χ4v) is 3.51. The van der Waals surface area contributed by atoms with Gasteiger partial charge in [0.2, 0.25) is 0 Å². The summed E-state index contributed by atoms with van der Waals surface area (Å²) in [5.74, 6) is -0.0294. The Hall–Kier alpha value is -3.10. The fraction of sp³-hybridized carbons (Fsp3) is 0.0526. The molecule has 1 heterocycles. The molecule has 0 unspecified atom stereocenters. The quantitative estimate of drug-likeness (QED) is 0.469. The summed E-state index contributed by atoms with van der Waals surface area (Å²) in [5, 5.41) is 4.45. The maximum absolute atomic E-state index is 12.6. The van der Waals surface area contributed by atoms with Crippen molar-refractivity contribution in [3.63, 3.8) is 0 Å². The van der Waals surface area contributed by atoms with E-state index >= 15 is 0 Å². The molecule has 1 aromatic heterocycles. The highest BCUT2D eigenvalue weighted by molar-refractivity contribution is 7.92. The first-order chi connectivity index (χ1) is 13.3. The van der Waals surface area contributed by atoms with Crippen molar-refractivity contribution in [2.24, 2.45) is 5.10 Å². The molecule has 3 aromatic rings. The Kier molecular flexibility index (Phi) is 5.81. The van der Waals surface area contributed by atoms with Crippen molar-refractivity contribution in [2.45, 2.75) is 11.8 Å². The Bertz CT molecular complexity index is 1110. The van der Waals surface area contributed by atoms with E-state index < -0.39 is 15.9 Å². The maximum atomic E-state index is 12.6. The smallest absolute Gasteiger partial charge is 0.271 e. The average molecular weight is 418 g/mol. The molecular weight excluding hydrogens is 402 g/mol. The number of rotatable bonds is 6. The van der Waals surface area contributed by atoms with Gasteiger partial charge in [-0.25, -0.2) is 13.8 Å². The van der Waals surface area contributed by atoms with Gasteiger partial charge in [-0.15, -0.1) is 0 Å². The summed E-state index contributed by atoms with van der Waals surface area (Å²) in [6, 6.07) is 15.3. The second-order valence-electron chi connectivity index (χ2n) is 5.76. The van der Waals surface area contributed by atoms with E-state index in [0.29, 0.717) is 22.2 Å². The van der Waals surface area contributed by atoms with Crippen LogP contribution >= 0.6 is 11.6 Å². The van der Waals surface area contributed by atoms with Crippen LogP contribution in [0.15, 0.2) is 81.3 Å². The Morgan fingerprint density at radius 2 is 1.82 bits per heavy atom. The Balaban J connectivity index is 1.76. The molecule has 0 aliphatic rings. The summed E-state index contributed by atoms with van der Waals surface area (Å²) >= 11 is 5.80. The van der Waals surface area contributed by atoms with E-state index in [4.69, 9.17) is 16.0 Å². The topological polar surface area (TPSA) is 101 Å². The van der Waals surface area contributed by atoms with Gasteiger partial charge >= 0.3 is 0 Å². The fourth-order valence-electron chi connectivity index (χ4n) is 2.28. The molecule has 144 valence electrons. The summed E-state index contributed by atoms with van der Waals surface area (Å²) in [5.41, 5.74) is 3.37. The molecule has 2 N–H and O–H groups in total. The molecule has 0 saturated carbocycles. The van der Waals surface area contributed by atoms with E-state index in [9.17, 15) is 13.2 Å². The summed E-state index contributed by atoms with van der Waals surface area (Å²) in [4.78, 5) is 12.3. The lowest BCUT2D eigenvalue weighted by atomic mass is 10.2. The maximum Gasteiger partial charge on any atom is 0.271 e. The molecule has 0 radical (unpaired) electrons. The minimum atomic E-state index is -3.87. The summed E-state index contributed by atoms with van der Waals surface area (Å²) < 4.78 is 32.8. The van der Waals surface area contributed by atoms with Crippen molar-refractivity contribution in [2.75, 3.05) is 4.72 Å². The van der Waals surface area contributed by atoms with Gasteiger partial charge in [-0.2, -0.15) is 5.10 Å². The SMILES string of the molecule is CC(=NNC(=O)c1cccc(S(=O)(=O)Nc2ccc(Cl)cc2)c1)c1ccco1. The predicted octanol–water partition coefficient (Wildman–Crippen LogP) is 3.89. The summed E-state index contributed by atoms with van der Waals surface area (Å²) in [6.45, 7) is 1.68. The van der Waals surface area contributed by atoms with Crippen LogP contribution in [0.25, 0.3) is 0 Å². The molecule has 2 aromatic carbocycles. The zero-order valence-electron chi connectivity index (χ0n) is 14.7. The number of halogens is 1. The largest absolute Gasteiger partial charge is 0.463 e. The minimum absolute atomic E-state index is 0.0539. The molecule has 0 aliphatic carbocycles. The number of nitrogens with one attached hydrogen (secondary N) is 2. The van der Waals surface area contributed by atoms with Gasteiger partial charge in [0.1, 0.15) is 11.5 Å². The van der Waals surface area contributed by atoms with Gasteiger partial charge in [-0.3, -0.25) is 9.52 Å². The Morgan fingerprint density at radius 1 is 1.07 bits per heavy atom. The van der Waals surface area contributed by atoms with Crippen LogP contribution in [-0.4, -0.2) is 20.0 Å².